The highest BCUT2D eigenvalue weighted by Crippen LogP contribution is 2.33. The van der Waals surface area contributed by atoms with E-state index in [4.69, 9.17) is 27.9 Å². The molecule has 0 saturated carbocycles. The molecule has 0 aromatic heterocycles. The van der Waals surface area contributed by atoms with Gasteiger partial charge in [0.25, 0.3) is 5.91 Å². The second-order valence-corrected chi connectivity index (χ2v) is 10.2. The molecule has 10 heteroatoms. The third kappa shape index (κ3) is 5.82. The highest BCUT2D eigenvalue weighted by molar-refractivity contribution is 6.33. The zero-order chi connectivity index (χ0) is 27.4. The van der Waals surface area contributed by atoms with Crippen molar-refractivity contribution in [2.75, 3.05) is 39.3 Å². The number of halogens is 2. The lowest BCUT2D eigenvalue weighted by atomic mass is 9.94. The lowest BCUT2D eigenvalue weighted by Gasteiger charge is -2.43. The van der Waals surface area contributed by atoms with Crippen LogP contribution in [0, 0.1) is 0 Å². The summed E-state index contributed by atoms with van der Waals surface area (Å²) in [6.07, 6.45) is 0. The van der Waals surface area contributed by atoms with Crippen LogP contribution in [0.4, 0.5) is 4.79 Å². The summed E-state index contributed by atoms with van der Waals surface area (Å²) in [5, 5.41) is 3.95. The number of piperazine rings is 1. The largest absolute Gasteiger partial charge is 0.463 e. The van der Waals surface area contributed by atoms with Gasteiger partial charge in [-0.3, -0.25) is 14.6 Å². The zero-order valence-electron chi connectivity index (χ0n) is 21.7. The van der Waals surface area contributed by atoms with Crippen molar-refractivity contribution in [3.63, 3.8) is 0 Å². The van der Waals surface area contributed by atoms with Gasteiger partial charge >= 0.3 is 12.0 Å². The fourth-order valence-corrected chi connectivity index (χ4v) is 5.38. The Labute approximate surface area is 233 Å². The van der Waals surface area contributed by atoms with Crippen LogP contribution < -0.4 is 5.32 Å². The number of rotatable bonds is 7. The molecular formula is C28H32Cl2N4O4. The van der Waals surface area contributed by atoms with Crippen LogP contribution in [0.15, 0.2) is 59.8 Å². The molecule has 2 heterocycles. The van der Waals surface area contributed by atoms with E-state index in [1.807, 2.05) is 18.7 Å². The number of nitrogens with zero attached hydrogens (tertiary/aromatic N) is 3. The van der Waals surface area contributed by atoms with E-state index in [0.29, 0.717) is 59.6 Å². The summed E-state index contributed by atoms with van der Waals surface area (Å²) in [7, 11) is 0. The number of carbonyl (C=O) groups excluding carboxylic acids is 3. The first-order chi connectivity index (χ1) is 18.2. The van der Waals surface area contributed by atoms with Crippen LogP contribution in [0.5, 0.6) is 0 Å². The summed E-state index contributed by atoms with van der Waals surface area (Å²) in [6, 6.07) is 13.1. The predicted molar refractivity (Wildman–Crippen MR) is 147 cm³/mol. The Kier molecular flexibility index (Phi) is 8.97. The number of ether oxygens (including phenoxy) is 1. The molecule has 0 radical (unpaired) electrons. The van der Waals surface area contributed by atoms with Crippen molar-refractivity contribution in [2.24, 2.45) is 0 Å². The molecule has 2 unspecified atom stereocenters. The molecule has 0 spiro atoms. The van der Waals surface area contributed by atoms with Crippen LogP contribution >= 0.6 is 23.2 Å². The lowest BCUT2D eigenvalue weighted by molar-refractivity contribution is -0.139. The number of carbonyl (C=O) groups is 3. The number of hydrogen-bond donors (Lipinski definition) is 1. The van der Waals surface area contributed by atoms with Gasteiger partial charge < -0.3 is 15.0 Å². The van der Waals surface area contributed by atoms with E-state index in [1.54, 1.807) is 60.4 Å². The maximum atomic E-state index is 13.3. The molecule has 2 aliphatic rings. The smallest absolute Gasteiger partial charge is 0.338 e. The molecule has 38 heavy (non-hydrogen) atoms. The first-order valence-corrected chi connectivity index (χ1v) is 13.5. The highest BCUT2D eigenvalue weighted by Gasteiger charge is 2.39. The minimum atomic E-state index is -0.669. The van der Waals surface area contributed by atoms with Gasteiger partial charge in [-0.1, -0.05) is 47.5 Å². The average molecular weight is 559 g/mol. The van der Waals surface area contributed by atoms with Crippen LogP contribution in [0.3, 0.4) is 0 Å². The highest BCUT2D eigenvalue weighted by atomic mass is 35.5. The van der Waals surface area contributed by atoms with Crippen molar-refractivity contribution in [1.82, 2.24) is 20.0 Å². The Morgan fingerprint density at radius 3 is 2.39 bits per heavy atom. The van der Waals surface area contributed by atoms with Gasteiger partial charge in [0, 0.05) is 49.5 Å². The van der Waals surface area contributed by atoms with Gasteiger partial charge in [0.15, 0.2) is 0 Å². The zero-order valence-corrected chi connectivity index (χ0v) is 23.3. The SMILES string of the molecule is CCOC(=O)C1=C(CN2CCN(C(=O)c3ccccc3Cl)C(C)C2)N(CC)C(=O)NC1c1ccc(Cl)cc1. The van der Waals surface area contributed by atoms with E-state index < -0.39 is 12.0 Å². The fraction of sp³-hybridized carbons (Fsp3) is 0.393. The Balaban J connectivity index is 1.63. The number of esters is 1. The van der Waals surface area contributed by atoms with E-state index >= 15 is 0 Å². The van der Waals surface area contributed by atoms with E-state index in [2.05, 4.69) is 10.2 Å². The van der Waals surface area contributed by atoms with Crippen molar-refractivity contribution in [1.29, 1.82) is 0 Å². The normalized spacial score (nSPS) is 20.4. The molecule has 1 saturated heterocycles. The molecule has 8 nitrogen and oxygen atoms in total. The first kappa shape index (κ1) is 28.0. The molecule has 2 aliphatic heterocycles. The van der Waals surface area contributed by atoms with Crippen molar-refractivity contribution < 1.29 is 19.1 Å². The third-order valence-corrected chi connectivity index (χ3v) is 7.48. The maximum absolute atomic E-state index is 13.3. The van der Waals surface area contributed by atoms with Crippen molar-refractivity contribution >= 4 is 41.1 Å². The Morgan fingerprint density at radius 1 is 1.05 bits per heavy atom. The monoisotopic (exact) mass is 558 g/mol. The molecule has 202 valence electrons. The van der Waals surface area contributed by atoms with Gasteiger partial charge in [0.05, 0.1) is 28.8 Å². The molecule has 4 rings (SSSR count). The Hall–Kier alpha value is -3.07. The molecule has 2 aromatic rings. The summed E-state index contributed by atoms with van der Waals surface area (Å²) in [6.45, 7) is 8.21. The van der Waals surface area contributed by atoms with Gasteiger partial charge in [-0.05, 0) is 50.6 Å². The van der Waals surface area contributed by atoms with E-state index in [-0.39, 0.29) is 24.6 Å². The fourth-order valence-electron chi connectivity index (χ4n) is 5.04. The van der Waals surface area contributed by atoms with Gasteiger partial charge in [0.1, 0.15) is 0 Å². The molecule has 0 aliphatic carbocycles. The Bertz CT molecular complexity index is 1230. The summed E-state index contributed by atoms with van der Waals surface area (Å²) >= 11 is 12.4. The van der Waals surface area contributed by atoms with Crippen LogP contribution in [0.2, 0.25) is 10.0 Å². The number of amides is 3. The molecule has 3 amide bonds. The lowest BCUT2D eigenvalue weighted by Crippen LogP contribution is -2.56. The Morgan fingerprint density at radius 2 is 1.76 bits per heavy atom. The van der Waals surface area contributed by atoms with Gasteiger partial charge in [-0.15, -0.1) is 0 Å². The number of benzene rings is 2. The quantitative estimate of drug-likeness (QED) is 0.496. The second kappa shape index (κ2) is 12.2. The minimum absolute atomic E-state index is 0.0984. The summed E-state index contributed by atoms with van der Waals surface area (Å²) in [4.78, 5) is 45.2. The average Bonchev–Trinajstić information content (AvgIpc) is 2.89. The van der Waals surface area contributed by atoms with Crippen LogP contribution in [-0.4, -0.2) is 78.0 Å². The molecule has 1 fully saturated rings. The van der Waals surface area contributed by atoms with Gasteiger partial charge in [-0.2, -0.15) is 0 Å². The van der Waals surface area contributed by atoms with Crippen molar-refractivity contribution in [3.8, 4) is 0 Å². The maximum Gasteiger partial charge on any atom is 0.338 e. The van der Waals surface area contributed by atoms with Gasteiger partial charge in [0.2, 0.25) is 0 Å². The summed E-state index contributed by atoms with van der Waals surface area (Å²) in [5.41, 5.74) is 2.22. The van der Waals surface area contributed by atoms with E-state index in [1.165, 1.54) is 0 Å². The number of hydrogen-bond acceptors (Lipinski definition) is 5. The molecule has 1 N–H and O–H groups in total. The topological polar surface area (TPSA) is 82.2 Å². The third-order valence-electron chi connectivity index (χ3n) is 6.90. The van der Waals surface area contributed by atoms with Crippen molar-refractivity contribution in [3.05, 3.63) is 81.0 Å². The first-order valence-electron chi connectivity index (χ1n) is 12.8. The molecule has 2 atom stereocenters. The number of likely N-dealkylation sites (N-methyl/N-ethyl adjacent to an activating group) is 1. The van der Waals surface area contributed by atoms with Gasteiger partial charge in [-0.25, -0.2) is 9.59 Å². The minimum Gasteiger partial charge on any atom is -0.463 e. The van der Waals surface area contributed by atoms with E-state index in [9.17, 15) is 14.4 Å². The summed E-state index contributed by atoms with van der Waals surface area (Å²) in [5.74, 6) is -0.578. The number of nitrogens with one attached hydrogen (secondary N) is 1. The molecular weight excluding hydrogens is 527 g/mol. The van der Waals surface area contributed by atoms with Crippen LogP contribution in [0.25, 0.3) is 0 Å². The second-order valence-electron chi connectivity index (χ2n) is 9.32. The standard InChI is InChI=1S/C28H32Cl2N4O4/c1-4-33-23(17-32-14-15-34(18(3)16-32)26(35)21-8-6-7-9-22(21)30)24(27(36)38-5-2)25(31-28(33)37)19-10-12-20(29)13-11-19/h6-13,18,25H,4-5,14-17H2,1-3H3,(H,31,37). The van der Waals surface area contributed by atoms with Crippen molar-refractivity contribution in [2.45, 2.75) is 32.9 Å². The predicted octanol–water partition coefficient (Wildman–Crippen LogP) is 4.74. The molecule has 2 aromatic carbocycles. The summed E-state index contributed by atoms with van der Waals surface area (Å²) < 4.78 is 5.45. The van der Waals surface area contributed by atoms with Crippen LogP contribution in [-0.2, 0) is 9.53 Å². The number of urea groups is 1. The molecule has 0 bridgehead atoms. The van der Waals surface area contributed by atoms with Crippen LogP contribution in [0.1, 0.15) is 42.7 Å². The van der Waals surface area contributed by atoms with E-state index in [0.717, 1.165) is 5.56 Å².